The largest absolute Gasteiger partial charge is 0.311 e. The Morgan fingerprint density at radius 1 is 0.407 bits per heavy atom. The molecular formula is C73H52BClFN5. The lowest BCUT2D eigenvalue weighted by atomic mass is 9.33. The van der Waals surface area contributed by atoms with E-state index in [1.807, 2.05) is 159 Å². The zero-order chi connectivity index (χ0) is 67.8. The van der Waals surface area contributed by atoms with Gasteiger partial charge in [0.2, 0.25) is 0 Å². The predicted molar refractivity (Wildman–Crippen MR) is 336 cm³/mol. The number of anilines is 6. The minimum absolute atomic E-state index is 0.0243. The van der Waals surface area contributed by atoms with Gasteiger partial charge in [-0.1, -0.05) is 238 Å². The Labute approximate surface area is 498 Å². The van der Waals surface area contributed by atoms with Crippen molar-refractivity contribution in [2.24, 2.45) is 0 Å². The Morgan fingerprint density at radius 3 is 1.48 bits per heavy atom. The Morgan fingerprint density at radius 2 is 0.889 bits per heavy atom. The Balaban J connectivity index is 1.14. The Hall–Kier alpha value is -9.69. The molecule has 2 aliphatic rings. The number of rotatable bonds is 9. The molecule has 0 bridgehead atoms. The Bertz CT molecular complexity index is 5120. The minimum atomic E-state index is -0.760. The van der Waals surface area contributed by atoms with Gasteiger partial charge in [0.15, 0.2) is 17.5 Å². The summed E-state index contributed by atoms with van der Waals surface area (Å²) in [6.07, 6.45) is 0. The van der Waals surface area contributed by atoms with Crippen molar-refractivity contribution in [1.82, 2.24) is 15.0 Å². The van der Waals surface area contributed by atoms with E-state index in [1.54, 1.807) is 18.2 Å². The van der Waals surface area contributed by atoms with E-state index in [0.29, 0.717) is 72.8 Å². The standard InChI is InChI=1S/C73H52BClFN5/c1-73(2,3)55-42-59(50-28-16-7-17-29-50)69(60(43-55)72-78-70(51-30-18-8-19-31-51)77-71(79-72)52-32-20-9-21-33-52)81-65-46-57(76)36-38-62(65)74-61-37-34-54(48-24-12-5-13-25-48)41-64(61)80(66-44-56(75)45-67(81)68(66)74)63-39-35-53(47-22-10-4-11-23-47)40-58(63)49-26-14-6-15-27-49/h4-46H,1-3H3/i5D,8D,9D,12D,13D,18D,19D,20D,21D,24D,25D,30D,31D,32D,33D. The van der Waals surface area contributed by atoms with Crippen LogP contribution in [-0.2, 0) is 5.41 Å². The van der Waals surface area contributed by atoms with Crippen LogP contribution >= 0.6 is 11.6 Å². The molecule has 0 unspecified atom stereocenters. The molecule has 0 N–H and O–H groups in total. The second-order valence-corrected chi connectivity index (χ2v) is 21.2. The molecular weight excluding hydrogens is 1010 g/mol. The van der Waals surface area contributed by atoms with E-state index in [4.69, 9.17) is 33.9 Å². The highest BCUT2D eigenvalue weighted by Crippen LogP contribution is 2.53. The van der Waals surface area contributed by atoms with Crippen molar-refractivity contribution >= 4 is 68.8 Å². The highest BCUT2D eigenvalue weighted by Gasteiger charge is 2.45. The number of halogens is 2. The smallest absolute Gasteiger partial charge is 0.252 e. The van der Waals surface area contributed by atoms with Gasteiger partial charge in [0.1, 0.15) is 5.82 Å². The third kappa shape index (κ3) is 8.97. The summed E-state index contributed by atoms with van der Waals surface area (Å²) in [7, 11) is 0. The minimum Gasteiger partial charge on any atom is -0.311 e. The van der Waals surface area contributed by atoms with Crippen molar-refractivity contribution in [2.45, 2.75) is 26.2 Å². The van der Waals surface area contributed by atoms with Crippen LogP contribution in [-0.4, -0.2) is 21.7 Å². The quantitative estimate of drug-likeness (QED) is 0.135. The lowest BCUT2D eigenvalue weighted by Gasteiger charge is -2.45. The molecule has 14 rings (SSSR count). The maximum absolute atomic E-state index is 17.1. The van der Waals surface area contributed by atoms with E-state index in [-0.39, 0.29) is 22.0 Å². The average Bonchev–Trinajstić information content (AvgIpc) is 0.692. The number of nitrogens with zero attached hydrogens (tertiary/aromatic N) is 5. The highest BCUT2D eigenvalue weighted by molar-refractivity contribution is 7.00. The average molecular weight is 1080 g/mol. The molecule has 0 spiro atoms. The van der Waals surface area contributed by atoms with E-state index < -0.39 is 131 Å². The second kappa shape index (κ2) is 20.2. The number of hydrogen-bond donors (Lipinski definition) is 0. The molecule has 0 fully saturated rings. The van der Waals surface area contributed by atoms with Crippen LogP contribution in [0.4, 0.5) is 38.5 Å². The van der Waals surface area contributed by atoms with Gasteiger partial charge < -0.3 is 9.80 Å². The normalized spacial score (nSPS) is 15.0. The Kier molecular flexibility index (Phi) is 8.92. The van der Waals surface area contributed by atoms with Crippen LogP contribution in [0.15, 0.2) is 260 Å². The van der Waals surface area contributed by atoms with Crippen LogP contribution in [0.3, 0.4) is 0 Å². The summed E-state index contributed by atoms with van der Waals surface area (Å²) in [4.78, 5) is 18.7. The van der Waals surface area contributed by atoms with Gasteiger partial charge in [-0.05, 0) is 115 Å². The molecule has 8 heteroatoms. The molecule has 3 heterocycles. The molecule has 12 aromatic rings. The van der Waals surface area contributed by atoms with Crippen molar-refractivity contribution in [3.05, 3.63) is 277 Å². The van der Waals surface area contributed by atoms with E-state index in [1.165, 1.54) is 12.1 Å². The van der Waals surface area contributed by atoms with E-state index in [9.17, 15) is 8.22 Å². The van der Waals surface area contributed by atoms with Crippen LogP contribution in [0.5, 0.6) is 0 Å². The monoisotopic (exact) mass is 1080 g/mol. The summed E-state index contributed by atoms with van der Waals surface area (Å²) in [5.74, 6) is -1.84. The molecule has 81 heavy (non-hydrogen) atoms. The van der Waals surface area contributed by atoms with Gasteiger partial charge in [-0.3, -0.25) is 0 Å². The SMILES string of the molecule is [2H]c1c([2H])c([2H])c(-c2ccc3c(c2)N(c2ccc(-c4ccccc4)cc2-c2ccccc2)c2cc(Cl)cc4c2B3c2ccc(F)cc2N4c2c(-c3ccccc3)cc(C(C)(C)C)cc2-c2nc(-c3c([2H])c([2H])c([2H])c([2H])c3[2H])nc(-c3c([2H])c([2H])c([2H])c([2H])c3[2H])n2)c([2H])c1[2H]. The lowest BCUT2D eigenvalue weighted by molar-refractivity contribution is 0.590. The van der Waals surface area contributed by atoms with Crippen molar-refractivity contribution < 1.29 is 25.0 Å². The lowest BCUT2D eigenvalue weighted by Crippen LogP contribution is -2.61. The van der Waals surface area contributed by atoms with Crippen LogP contribution in [0.25, 0.3) is 78.7 Å². The van der Waals surface area contributed by atoms with Gasteiger partial charge in [0.25, 0.3) is 6.71 Å². The number of hydrogen-bond acceptors (Lipinski definition) is 5. The molecule has 0 saturated heterocycles. The molecule has 0 amide bonds. The van der Waals surface area contributed by atoms with Crippen LogP contribution in [0.2, 0.25) is 5.02 Å². The summed E-state index contributed by atoms with van der Waals surface area (Å²) < 4.78 is 151. The third-order valence-electron chi connectivity index (χ3n) is 14.8. The summed E-state index contributed by atoms with van der Waals surface area (Å²) in [5.41, 5.74) is 8.95. The number of aromatic nitrogens is 3. The molecule has 0 saturated carbocycles. The van der Waals surface area contributed by atoms with Gasteiger partial charge in [-0.2, -0.15) is 0 Å². The number of benzene rings is 11. The highest BCUT2D eigenvalue weighted by atomic mass is 35.5. The molecule has 11 aromatic carbocycles. The van der Waals surface area contributed by atoms with Gasteiger partial charge in [0, 0.05) is 55.6 Å². The van der Waals surface area contributed by atoms with Crippen molar-refractivity contribution in [3.8, 4) is 78.7 Å². The predicted octanol–water partition coefficient (Wildman–Crippen LogP) is 17.7. The van der Waals surface area contributed by atoms with Crippen molar-refractivity contribution in [1.29, 1.82) is 0 Å². The molecule has 0 atom stereocenters. The van der Waals surface area contributed by atoms with Crippen molar-refractivity contribution in [3.63, 3.8) is 0 Å². The van der Waals surface area contributed by atoms with Gasteiger partial charge in [-0.15, -0.1) is 0 Å². The zero-order valence-corrected chi connectivity index (χ0v) is 44.5. The van der Waals surface area contributed by atoms with Crippen molar-refractivity contribution in [2.75, 3.05) is 9.80 Å². The molecule has 1 aromatic heterocycles. The molecule has 2 aliphatic heterocycles. The number of fused-ring (bicyclic) bond motifs is 4. The molecule has 0 radical (unpaired) electrons. The first-order valence-electron chi connectivity index (χ1n) is 33.7. The fourth-order valence-electron chi connectivity index (χ4n) is 11.1. The topological polar surface area (TPSA) is 45.2 Å². The molecule has 5 nitrogen and oxygen atoms in total. The van der Waals surface area contributed by atoms with E-state index in [2.05, 4.69) is 16.0 Å². The maximum Gasteiger partial charge on any atom is 0.252 e. The molecule has 386 valence electrons. The first-order valence-corrected chi connectivity index (χ1v) is 26.6. The summed E-state index contributed by atoms with van der Waals surface area (Å²) >= 11 is 7.68. The van der Waals surface area contributed by atoms with Crippen LogP contribution in [0, 0.1) is 5.82 Å². The van der Waals surface area contributed by atoms with Crippen LogP contribution < -0.4 is 26.2 Å². The van der Waals surface area contributed by atoms with E-state index >= 15 is 4.39 Å². The maximum atomic E-state index is 17.1. The fourth-order valence-corrected chi connectivity index (χ4v) is 11.3. The first-order chi connectivity index (χ1) is 45.8. The van der Waals surface area contributed by atoms with Gasteiger partial charge >= 0.3 is 0 Å². The molecule has 0 aliphatic carbocycles. The third-order valence-corrected chi connectivity index (χ3v) is 15.0. The summed E-state index contributed by atoms with van der Waals surface area (Å²) in [6.45, 7) is 5.24. The summed E-state index contributed by atoms with van der Waals surface area (Å²) in [5, 5.41) is 0.214. The van der Waals surface area contributed by atoms with E-state index in [0.717, 1.165) is 22.3 Å². The first kappa shape index (κ1) is 35.7. The summed E-state index contributed by atoms with van der Waals surface area (Å²) in [6, 6.07) is 43.3. The van der Waals surface area contributed by atoms with Crippen LogP contribution in [0.1, 0.15) is 46.9 Å². The second-order valence-electron chi connectivity index (χ2n) is 20.7. The van der Waals surface area contributed by atoms with Gasteiger partial charge in [0.05, 0.1) is 31.9 Å². The van der Waals surface area contributed by atoms with Gasteiger partial charge in [-0.25, -0.2) is 19.3 Å². The zero-order valence-electron chi connectivity index (χ0n) is 58.7. The fraction of sp³-hybridized carbons (Fsp3) is 0.0548.